The molecule has 0 aliphatic rings. The molecule has 0 amide bonds. The van der Waals surface area contributed by atoms with E-state index in [1.807, 2.05) is 27.7 Å². The summed E-state index contributed by atoms with van der Waals surface area (Å²) in [7, 11) is 0. The van der Waals surface area contributed by atoms with Gasteiger partial charge in [0.15, 0.2) is 0 Å². The first-order valence-electron chi connectivity index (χ1n) is 7.63. The van der Waals surface area contributed by atoms with Gasteiger partial charge in [-0.25, -0.2) is 0 Å². The minimum atomic E-state index is 0.160. The van der Waals surface area contributed by atoms with Crippen LogP contribution in [0.2, 0.25) is 0 Å². The van der Waals surface area contributed by atoms with Crippen molar-refractivity contribution in [2.24, 2.45) is 0 Å². The minimum absolute atomic E-state index is 0.160. The molecule has 0 unspecified atom stereocenters. The smallest absolute Gasteiger partial charge is 0.0488 e. The summed E-state index contributed by atoms with van der Waals surface area (Å²) in [5, 5.41) is 1.40. The maximum atomic E-state index is 2.38. The Hall–Kier alpha value is -1.24. The molecule has 1 aromatic heterocycles. The average molecular weight is 261 g/mol. The van der Waals surface area contributed by atoms with Crippen molar-refractivity contribution in [3.8, 4) is 0 Å². The third-order valence-corrected chi connectivity index (χ3v) is 2.90. The maximum absolute atomic E-state index is 2.38. The molecule has 0 saturated heterocycles. The van der Waals surface area contributed by atoms with Crippen molar-refractivity contribution in [3.05, 3.63) is 36.0 Å². The number of aryl methyl sites for hydroxylation is 1. The zero-order valence-corrected chi connectivity index (χ0v) is 14.0. The summed E-state index contributed by atoms with van der Waals surface area (Å²) < 4.78 is 2.38. The Kier molecular flexibility index (Phi) is 7.51. The molecule has 0 bridgehead atoms. The van der Waals surface area contributed by atoms with E-state index in [-0.39, 0.29) is 5.54 Å². The quantitative estimate of drug-likeness (QED) is 0.592. The standard InChI is InChI=1S/C14H19N.2C2H6/c1-5-11-10-15(14(2,3)4)13-9-7-6-8-12(11)13;2*1-2/h6-10H,5H2,1-4H3;2*1-2H3. The van der Waals surface area contributed by atoms with E-state index in [1.165, 1.54) is 16.5 Å². The van der Waals surface area contributed by atoms with Crippen molar-refractivity contribution >= 4 is 10.9 Å². The highest BCUT2D eigenvalue weighted by Gasteiger charge is 2.16. The van der Waals surface area contributed by atoms with E-state index in [9.17, 15) is 0 Å². The lowest BCUT2D eigenvalue weighted by Gasteiger charge is -2.22. The number of hydrogen-bond donors (Lipinski definition) is 0. The summed E-state index contributed by atoms with van der Waals surface area (Å²) in [6.07, 6.45) is 3.40. The molecule has 0 spiro atoms. The van der Waals surface area contributed by atoms with E-state index in [2.05, 4.69) is 62.7 Å². The second-order valence-electron chi connectivity index (χ2n) is 5.07. The van der Waals surface area contributed by atoms with Crippen molar-refractivity contribution < 1.29 is 0 Å². The number of aromatic nitrogens is 1. The molecule has 2 rings (SSSR count). The zero-order chi connectivity index (χ0) is 15.1. The van der Waals surface area contributed by atoms with Crippen LogP contribution in [0, 0.1) is 0 Å². The molecule has 1 aromatic carbocycles. The zero-order valence-electron chi connectivity index (χ0n) is 14.0. The van der Waals surface area contributed by atoms with Gasteiger partial charge in [-0.3, -0.25) is 0 Å². The van der Waals surface area contributed by atoms with Gasteiger partial charge in [-0.05, 0) is 38.8 Å². The van der Waals surface area contributed by atoms with Crippen molar-refractivity contribution in [1.29, 1.82) is 0 Å². The van der Waals surface area contributed by atoms with Crippen LogP contribution in [0.4, 0.5) is 0 Å². The molecule has 108 valence electrons. The van der Waals surface area contributed by atoms with Crippen molar-refractivity contribution in [3.63, 3.8) is 0 Å². The molecule has 2 aromatic rings. The molecule has 0 aliphatic heterocycles. The van der Waals surface area contributed by atoms with Gasteiger partial charge < -0.3 is 4.57 Å². The number of hydrogen-bond acceptors (Lipinski definition) is 0. The van der Waals surface area contributed by atoms with Crippen molar-refractivity contribution in [2.45, 2.75) is 67.3 Å². The fraction of sp³-hybridized carbons (Fsp3) is 0.556. The summed E-state index contributed by atoms with van der Waals surface area (Å²) in [5.74, 6) is 0. The molecule has 1 heteroatoms. The lowest BCUT2D eigenvalue weighted by molar-refractivity contribution is 0.410. The van der Waals surface area contributed by atoms with Gasteiger partial charge in [0, 0.05) is 22.6 Å². The van der Waals surface area contributed by atoms with Crippen LogP contribution >= 0.6 is 0 Å². The molecule has 0 N–H and O–H groups in total. The fourth-order valence-corrected chi connectivity index (χ4v) is 2.09. The first-order chi connectivity index (χ1) is 9.04. The van der Waals surface area contributed by atoms with Gasteiger partial charge in [-0.2, -0.15) is 0 Å². The van der Waals surface area contributed by atoms with Gasteiger partial charge in [0.25, 0.3) is 0 Å². The summed E-state index contributed by atoms with van der Waals surface area (Å²) in [5.41, 5.74) is 2.95. The van der Waals surface area contributed by atoms with Crippen LogP contribution in [0.3, 0.4) is 0 Å². The highest BCUT2D eigenvalue weighted by molar-refractivity contribution is 5.84. The Morgan fingerprint density at radius 1 is 0.947 bits per heavy atom. The Labute approximate surface area is 119 Å². The van der Waals surface area contributed by atoms with Crippen LogP contribution in [0.5, 0.6) is 0 Å². The molecular formula is C18H31N. The lowest BCUT2D eigenvalue weighted by atomic mass is 10.1. The number of para-hydroxylation sites is 1. The number of nitrogens with zero attached hydrogens (tertiary/aromatic N) is 1. The number of fused-ring (bicyclic) bond motifs is 1. The number of rotatable bonds is 1. The van der Waals surface area contributed by atoms with Gasteiger partial charge in [0.05, 0.1) is 0 Å². The molecule has 0 atom stereocenters. The molecule has 0 aliphatic carbocycles. The van der Waals surface area contributed by atoms with Crippen LogP contribution in [-0.2, 0) is 12.0 Å². The molecule has 0 fully saturated rings. The van der Waals surface area contributed by atoms with Crippen LogP contribution in [0.15, 0.2) is 30.5 Å². The van der Waals surface area contributed by atoms with Crippen LogP contribution in [-0.4, -0.2) is 4.57 Å². The summed E-state index contributed by atoms with van der Waals surface area (Å²) in [6, 6.07) is 8.66. The Morgan fingerprint density at radius 3 is 1.95 bits per heavy atom. The third-order valence-electron chi connectivity index (χ3n) is 2.90. The second-order valence-corrected chi connectivity index (χ2v) is 5.07. The third kappa shape index (κ3) is 4.12. The molecule has 0 saturated carbocycles. The summed E-state index contributed by atoms with van der Waals surface area (Å²) in [4.78, 5) is 0. The second kappa shape index (κ2) is 8.04. The highest BCUT2D eigenvalue weighted by atomic mass is 15.0. The lowest BCUT2D eigenvalue weighted by Crippen LogP contribution is -2.20. The average Bonchev–Trinajstić information content (AvgIpc) is 2.82. The Bertz CT molecular complexity index is 472. The highest BCUT2D eigenvalue weighted by Crippen LogP contribution is 2.27. The SMILES string of the molecule is CC.CC.CCc1cn(C(C)(C)C)c2ccccc12. The first kappa shape index (κ1) is 17.8. The molecule has 0 radical (unpaired) electrons. The Balaban J connectivity index is 0.000000741. The molecule has 1 nitrogen and oxygen atoms in total. The first-order valence-corrected chi connectivity index (χ1v) is 7.63. The maximum Gasteiger partial charge on any atom is 0.0488 e. The van der Waals surface area contributed by atoms with Crippen molar-refractivity contribution in [1.82, 2.24) is 4.57 Å². The Morgan fingerprint density at radius 2 is 1.47 bits per heavy atom. The summed E-state index contributed by atoms with van der Waals surface area (Å²) >= 11 is 0. The van der Waals surface area contributed by atoms with E-state index >= 15 is 0 Å². The fourth-order valence-electron chi connectivity index (χ4n) is 2.09. The molecule has 19 heavy (non-hydrogen) atoms. The predicted octanol–water partition coefficient (Wildman–Crippen LogP) is 6.01. The predicted molar refractivity (Wildman–Crippen MR) is 89.0 cm³/mol. The van der Waals surface area contributed by atoms with Gasteiger partial charge in [0.1, 0.15) is 0 Å². The van der Waals surface area contributed by atoms with E-state index in [0.717, 1.165) is 6.42 Å². The van der Waals surface area contributed by atoms with Gasteiger partial charge >= 0.3 is 0 Å². The molecular weight excluding hydrogens is 230 g/mol. The van der Waals surface area contributed by atoms with Gasteiger partial charge in [-0.15, -0.1) is 0 Å². The van der Waals surface area contributed by atoms with Gasteiger partial charge in [0.2, 0.25) is 0 Å². The van der Waals surface area contributed by atoms with E-state index in [0.29, 0.717) is 0 Å². The van der Waals surface area contributed by atoms with Crippen LogP contribution in [0.1, 0.15) is 61.0 Å². The minimum Gasteiger partial charge on any atom is -0.342 e. The van der Waals surface area contributed by atoms with Crippen molar-refractivity contribution in [2.75, 3.05) is 0 Å². The van der Waals surface area contributed by atoms with E-state index in [4.69, 9.17) is 0 Å². The molecule has 1 heterocycles. The van der Waals surface area contributed by atoms with Gasteiger partial charge in [-0.1, -0.05) is 52.8 Å². The normalized spacial score (nSPS) is 10.3. The summed E-state index contributed by atoms with van der Waals surface area (Å²) in [6.45, 7) is 17.0. The van der Waals surface area contributed by atoms with Crippen LogP contribution in [0.25, 0.3) is 10.9 Å². The topological polar surface area (TPSA) is 4.93 Å². The monoisotopic (exact) mass is 261 g/mol. The number of benzene rings is 1. The largest absolute Gasteiger partial charge is 0.342 e. The van der Waals surface area contributed by atoms with E-state index in [1.54, 1.807) is 0 Å². The van der Waals surface area contributed by atoms with Crippen LogP contribution < -0.4 is 0 Å². The van der Waals surface area contributed by atoms with E-state index < -0.39 is 0 Å².